The average Bonchev–Trinajstić information content (AvgIpc) is 3.57. The van der Waals surface area contributed by atoms with E-state index >= 15 is 0 Å². The smallest absolute Gasteiger partial charge is 0.308 e. The molecule has 240 valence electrons. The van der Waals surface area contributed by atoms with Crippen LogP contribution in [-0.4, -0.2) is 34.2 Å². The van der Waals surface area contributed by atoms with Gasteiger partial charge in [0.25, 0.3) is 5.91 Å². The van der Waals surface area contributed by atoms with Gasteiger partial charge in [0, 0.05) is 42.9 Å². The lowest BCUT2D eigenvalue weighted by atomic mass is 10.1. The first-order valence-corrected chi connectivity index (χ1v) is 16.8. The molecule has 4 aromatic carbocycles. The average molecular weight is 646 g/mol. The van der Waals surface area contributed by atoms with Crippen LogP contribution >= 0.6 is 11.3 Å². The molecule has 0 fully saturated rings. The fourth-order valence-corrected chi connectivity index (χ4v) is 6.03. The Balaban J connectivity index is 1.18. The van der Waals surface area contributed by atoms with Gasteiger partial charge in [-0.2, -0.15) is 0 Å². The van der Waals surface area contributed by atoms with E-state index in [9.17, 15) is 14.4 Å². The molecule has 0 aliphatic carbocycles. The molecule has 0 bridgehead atoms. The Hall–Kier alpha value is -5.08. The van der Waals surface area contributed by atoms with Crippen molar-refractivity contribution < 1.29 is 19.1 Å². The van der Waals surface area contributed by atoms with Crippen molar-refractivity contribution in [2.75, 3.05) is 6.54 Å². The quantitative estimate of drug-likeness (QED) is 0.0718. The molecule has 0 saturated heterocycles. The van der Waals surface area contributed by atoms with Crippen LogP contribution in [0.4, 0.5) is 0 Å². The second-order valence-electron chi connectivity index (χ2n) is 11.4. The standard InChI is InChI=1S/C39H39N3O4S/c1-29(43)46-36-22-15-32(16-23-36)26-42(37(44)24-17-31-12-6-3-7-13-31)27-35-28-47-39(41-35)34-20-18-33(19-21-34)38(45)40-25-9-8-14-30-10-4-2-5-11-30/h2-7,10-13,15-16,18-23,28H,8-9,14,17,24-27H2,1H3,(H,40,45). The van der Waals surface area contributed by atoms with Crippen molar-refractivity contribution in [2.45, 2.75) is 52.1 Å². The molecule has 0 atom stereocenters. The first-order valence-electron chi connectivity index (χ1n) is 15.9. The summed E-state index contributed by atoms with van der Waals surface area (Å²) in [7, 11) is 0. The van der Waals surface area contributed by atoms with Crippen LogP contribution in [-0.2, 0) is 35.5 Å². The van der Waals surface area contributed by atoms with Crippen LogP contribution in [0.15, 0.2) is 115 Å². The molecule has 1 heterocycles. The van der Waals surface area contributed by atoms with Gasteiger partial charge in [0.1, 0.15) is 10.8 Å². The van der Waals surface area contributed by atoms with Crippen LogP contribution in [0.5, 0.6) is 5.75 Å². The maximum Gasteiger partial charge on any atom is 0.308 e. The van der Waals surface area contributed by atoms with E-state index in [4.69, 9.17) is 9.72 Å². The van der Waals surface area contributed by atoms with Gasteiger partial charge in [0.2, 0.25) is 5.91 Å². The summed E-state index contributed by atoms with van der Waals surface area (Å²) in [5.74, 6) is 0.0390. The number of hydrogen-bond acceptors (Lipinski definition) is 6. The minimum Gasteiger partial charge on any atom is -0.427 e. The normalized spacial score (nSPS) is 10.7. The number of nitrogens with zero attached hydrogens (tertiary/aromatic N) is 2. The van der Waals surface area contributed by atoms with Gasteiger partial charge < -0.3 is 15.0 Å². The second-order valence-corrected chi connectivity index (χ2v) is 12.3. The van der Waals surface area contributed by atoms with Gasteiger partial charge in [0.05, 0.1) is 12.2 Å². The van der Waals surface area contributed by atoms with Gasteiger partial charge in [-0.05, 0) is 66.6 Å². The first-order chi connectivity index (χ1) is 22.9. The number of ether oxygens (including phenoxy) is 1. The zero-order valence-corrected chi connectivity index (χ0v) is 27.4. The van der Waals surface area contributed by atoms with Gasteiger partial charge in [0.15, 0.2) is 0 Å². The van der Waals surface area contributed by atoms with Crippen LogP contribution in [0, 0.1) is 0 Å². The Kier molecular flexibility index (Phi) is 12.0. The van der Waals surface area contributed by atoms with Crippen molar-refractivity contribution in [1.29, 1.82) is 0 Å². The maximum absolute atomic E-state index is 13.5. The minimum atomic E-state index is -0.377. The summed E-state index contributed by atoms with van der Waals surface area (Å²) in [5, 5.41) is 5.83. The van der Waals surface area contributed by atoms with E-state index in [0.717, 1.165) is 46.7 Å². The highest BCUT2D eigenvalue weighted by molar-refractivity contribution is 7.13. The van der Waals surface area contributed by atoms with Gasteiger partial charge in [-0.25, -0.2) is 4.98 Å². The molecule has 0 aliphatic heterocycles. The number of thiazole rings is 1. The van der Waals surface area contributed by atoms with E-state index in [2.05, 4.69) is 17.4 Å². The fraction of sp³-hybridized carbons (Fsp3) is 0.231. The number of nitrogens with one attached hydrogen (secondary N) is 1. The third-order valence-corrected chi connectivity index (χ3v) is 8.64. The molecule has 0 radical (unpaired) electrons. The lowest BCUT2D eigenvalue weighted by Crippen LogP contribution is -2.30. The van der Waals surface area contributed by atoms with Gasteiger partial charge in [-0.15, -0.1) is 11.3 Å². The van der Waals surface area contributed by atoms with E-state index in [1.807, 2.05) is 95.2 Å². The monoisotopic (exact) mass is 645 g/mol. The fourth-order valence-electron chi connectivity index (χ4n) is 5.21. The van der Waals surface area contributed by atoms with Crippen molar-refractivity contribution in [2.24, 2.45) is 0 Å². The second kappa shape index (κ2) is 17.0. The van der Waals surface area contributed by atoms with Crippen molar-refractivity contribution in [3.05, 3.63) is 143 Å². The highest BCUT2D eigenvalue weighted by Gasteiger charge is 2.17. The van der Waals surface area contributed by atoms with E-state index in [1.54, 1.807) is 12.1 Å². The van der Waals surface area contributed by atoms with Crippen LogP contribution in [0.3, 0.4) is 0 Å². The van der Waals surface area contributed by atoms with E-state index < -0.39 is 0 Å². The van der Waals surface area contributed by atoms with E-state index in [0.29, 0.717) is 43.8 Å². The third kappa shape index (κ3) is 10.5. The summed E-state index contributed by atoms with van der Waals surface area (Å²) in [4.78, 5) is 44.1. The summed E-state index contributed by atoms with van der Waals surface area (Å²) in [5.41, 5.74) is 5.69. The zero-order valence-electron chi connectivity index (χ0n) is 26.6. The van der Waals surface area contributed by atoms with Gasteiger partial charge in [-0.3, -0.25) is 14.4 Å². The highest BCUT2D eigenvalue weighted by atomic mass is 32.1. The van der Waals surface area contributed by atoms with Crippen LogP contribution in [0.2, 0.25) is 0 Å². The van der Waals surface area contributed by atoms with Crippen LogP contribution in [0.1, 0.15) is 58.9 Å². The predicted octanol–water partition coefficient (Wildman–Crippen LogP) is 7.65. The summed E-state index contributed by atoms with van der Waals surface area (Å²) in [6, 6.07) is 35.1. The summed E-state index contributed by atoms with van der Waals surface area (Å²) in [6.07, 6.45) is 3.98. The Labute approximate surface area is 280 Å². The molecule has 7 nitrogen and oxygen atoms in total. The number of carbonyl (C=O) groups excluding carboxylic acids is 3. The lowest BCUT2D eigenvalue weighted by molar-refractivity contribution is -0.133. The molecule has 5 rings (SSSR count). The molecular formula is C39H39N3O4S. The molecule has 8 heteroatoms. The van der Waals surface area contributed by atoms with Crippen molar-refractivity contribution in [3.63, 3.8) is 0 Å². The molecular weight excluding hydrogens is 607 g/mol. The molecule has 0 aliphatic rings. The summed E-state index contributed by atoms with van der Waals surface area (Å²) < 4.78 is 5.16. The Morgan fingerprint density at radius 1 is 0.745 bits per heavy atom. The van der Waals surface area contributed by atoms with E-state index in [-0.39, 0.29) is 17.8 Å². The largest absolute Gasteiger partial charge is 0.427 e. The third-order valence-electron chi connectivity index (χ3n) is 7.70. The van der Waals surface area contributed by atoms with E-state index in [1.165, 1.54) is 23.8 Å². The molecule has 1 N–H and O–H groups in total. The van der Waals surface area contributed by atoms with Gasteiger partial charge >= 0.3 is 5.97 Å². The Morgan fingerprint density at radius 3 is 2.06 bits per heavy atom. The van der Waals surface area contributed by atoms with Crippen molar-refractivity contribution in [1.82, 2.24) is 15.2 Å². The van der Waals surface area contributed by atoms with Gasteiger partial charge in [-0.1, -0.05) is 84.9 Å². The lowest BCUT2D eigenvalue weighted by Gasteiger charge is -2.22. The number of unbranched alkanes of at least 4 members (excludes halogenated alkanes) is 1. The first kappa shape index (κ1) is 33.3. The number of rotatable bonds is 15. The summed E-state index contributed by atoms with van der Waals surface area (Å²) >= 11 is 1.51. The molecule has 0 saturated carbocycles. The molecule has 5 aromatic rings. The van der Waals surface area contributed by atoms with Crippen molar-refractivity contribution in [3.8, 4) is 16.3 Å². The number of aromatic nitrogens is 1. The van der Waals surface area contributed by atoms with Crippen LogP contribution in [0.25, 0.3) is 10.6 Å². The molecule has 2 amide bonds. The predicted molar refractivity (Wildman–Crippen MR) is 186 cm³/mol. The SMILES string of the molecule is CC(=O)Oc1ccc(CN(Cc2csc(-c3ccc(C(=O)NCCCCc4ccccc4)cc3)n2)C(=O)CCc2ccccc2)cc1. The molecule has 1 aromatic heterocycles. The molecule has 0 spiro atoms. The Bertz CT molecular complexity index is 1740. The molecule has 0 unspecified atom stereocenters. The number of hydrogen-bond donors (Lipinski definition) is 1. The highest BCUT2D eigenvalue weighted by Crippen LogP contribution is 2.26. The number of carbonyl (C=O) groups is 3. The topological polar surface area (TPSA) is 88.6 Å². The maximum atomic E-state index is 13.5. The summed E-state index contributed by atoms with van der Waals surface area (Å²) in [6.45, 7) is 2.77. The number of aryl methyl sites for hydroxylation is 2. The Morgan fingerprint density at radius 2 is 1.40 bits per heavy atom. The molecule has 47 heavy (non-hydrogen) atoms. The number of amides is 2. The zero-order chi connectivity index (χ0) is 32.8. The van der Waals surface area contributed by atoms with Crippen molar-refractivity contribution >= 4 is 29.1 Å². The van der Waals surface area contributed by atoms with Crippen LogP contribution < -0.4 is 10.1 Å². The minimum absolute atomic E-state index is 0.0305. The number of benzene rings is 4. The number of esters is 1.